The van der Waals surface area contributed by atoms with E-state index in [0.29, 0.717) is 26.1 Å². The van der Waals surface area contributed by atoms with Crippen molar-refractivity contribution in [3.05, 3.63) is 35.4 Å². The van der Waals surface area contributed by atoms with Crippen molar-refractivity contribution in [1.82, 2.24) is 0 Å². The molecule has 1 aromatic carbocycles. The van der Waals surface area contributed by atoms with Gasteiger partial charge in [0.05, 0.1) is 11.0 Å². The first kappa shape index (κ1) is 15.0. The number of carbonyl (C=O) groups excluding carboxylic acids is 1. The number of hydrogen-bond donors (Lipinski definition) is 1. The summed E-state index contributed by atoms with van der Waals surface area (Å²) in [6.07, 6.45) is -3.39. The van der Waals surface area contributed by atoms with Crippen LogP contribution >= 0.6 is 0 Å². The molecule has 1 aliphatic heterocycles. The van der Waals surface area contributed by atoms with Crippen LogP contribution < -0.4 is 5.73 Å². The van der Waals surface area contributed by atoms with E-state index in [1.807, 2.05) is 0 Å². The lowest BCUT2D eigenvalue weighted by Crippen LogP contribution is -2.43. The molecule has 2 rings (SSSR count). The van der Waals surface area contributed by atoms with E-state index in [1.165, 1.54) is 12.1 Å². The van der Waals surface area contributed by atoms with Crippen LogP contribution in [0, 0.1) is 5.41 Å². The zero-order valence-corrected chi connectivity index (χ0v) is 10.9. The van der Waals surface area contributed by atoms with E-state index in [4.69, 9.17) is 10.5 Å². The van der Waals surface area contributed by atoms with Crippen molar-refractivity contribution in [2.45, 2.75) is 19.0 Å². The van der Waals surface area contributed by atoms with E-state index in [2.05, 4.69) is 0 Å². The lowest BCUT2D eigenvalue weighted by Gasteiger charge is -2.34. The van der Waals surface area contributed by atoms with Gasteiger partial charge >= 0.3 is 6.18 Å². The van der Waals surface area contributed by atoms with E-state index < -0.39 is 17.2 Å². The Kier molecular flexibility index (Phi) is 4.15. The third-order valence-electron chi connectivity index (χ3n) is 3.80. The largest absolute Gasteiger partial charge is 0.416 e. The highest BCUT2D eigenvalue weighted by Gasteiger charge is 2.39. The van der Waals surface area contributed by atoms with E-state index in [1.54, 1.807) is 0 Å². The molecule has 0 amide bonds. The van der Waals surface area contributed by atoms with Crippen molar-refractivity contribution < 1.29 is 22.7 Å². The van der Waals surface area contributed by atoms with Crippen molar-refractivity contribution in [2.24, 2.45) is 11.1 Å². The number of nitrogens with two attached hydrogens (primary N) is 1. The highest BCUT2D eigenvalue weighted by atomic mass is 19.4. The Morgan fingerprint density at radius 3 is 2.20 bits per heavy atom. The van der Waals surface area contributed by atoms with Gasteiger partial charge in [0, 0.05) is 25.3 Å². The first-order chi connectivity index (χ1) is 9.39. The molecule has 0 aliphatic carbocycles. The van der Waals surface area contributed by atoms with Crippen LogP contribution in [0.3, 0.4) is 0 Å². The van der Waals surface area contributed by atoms with Gasteiger partial charge in [0.2, 0.25) is 0 Å². The molecule has 1 saturated heterocycles. The number of Topliss-reactive ketones (excluding diaryl/α,β-unsaturated/α-hetero) is 1. The molecular formula is C14H16F3NO2. The van der Waals surface area contributed by atoms with Crippen LogP contribution in [0.2, 0.25) is 0 Å². The third kappa shape index (κ3) is 2.86. The number of ether oxygens (including phenoxy) is 1. The topological polar surface area (TPSA) is 52.3 Å². The van der Waals surface area contributed by atoms with E-state index in [9.17, 15) is 18.0 Å². The Bertz CT molecular complexity index is 476. The van der Waals surface area contributed by atoms with Crippen LogP contribution in [-0.4, -0.2) is 25.5 Å². The summed E-state index contributed by atoms with van der Waals surface area (Å²) in [5.74, 6) is -0.197. The fraction of sp³-hybridized carbons (Fsp3) is 0.500. The summed E-state index contributed by atoms with van der Waals surface area (Å²) in [6, 6.07) is 4.30. The summed E-state index contributed by atoms with van der Waals surface area (Å²) in [5.41, 5.74) is 4.52. The minimum Gasteiger partial charge on any atom is -0.381 e. The SMILES string of the molecule is NCC1(C(=O)c2ccc(C(F)(F)F)cc2)CCOCC1. The van der Waals surface area contributed by atoms with E-state index in [0.717, 1.165) is 12.1 Å². The van der Waals surface area contributed by atoms with Crippen LogP contribution in [0.5, 0.6) is 0 Å². The summed E-state index contributed by atoms with van der Waals surface area (Å²) in [4.78, 5) is 12.5. The minimum atomic E-state index is -4.40. The third-order valence-corrected chi connectivity index (χ3v) is 3.80. The lowest BCUT2D eigenvalue weighted by atomic mass is 9.74. The fourth-order valence-electron chi connectivity index (χ4n) is 2.40. The predicted molar refractivity (Wildman–Crippen MR) is 67.3 cm³/mol. The average molecular weight is 287 g/mol. The van der Waals surface area contributed by atoms with Crippen LogP contribution in [-0.2, 0) is 10.9 Å². The molecular weight excluding hydrogens is 271 g/mol. The molecule has 0 spiro atoms. The zero-order valence-electron chi connectivity index (χ0n) is 10.9. The first-order valence-corrected chi connectivity index (χ1v) is 6.39. The van der Waals surface area contributed by atoms with Gasteiger partial charge in [0.15, 0.2) is 5.78 Å². The number of ketones is 1. The van der Waals surface area contributed by atoms with Crippen molar-refractivity contribution in [1.29, 1.82) is 0 Å². The highest BCUT2D eigenvalue weighted by Crippen LogP contribution is 2.34. The number of hydrogen-bond acceptors (Lipinski definition) is 3. The normalized spacial score (nSPS) is 18.8. The maximum atomic E-state index is 12.5. The standard InChI is InChI=1S/C14H16F3NO2/c15-14(16,17)11-3-1-10(2-4-11)12(19)13(9-18)5-7-20-8-6-13/h1-4H,5-9,18H2. The molecule has 20 heavy (non-hydrogen) atoms. The minimum absolute atomic E-state index is 0.177. The second-order valence-electron chi connectivity index (χ2n) is 5.00. The maximum Gasteiger partial charge on any atom is 0.416 e. The van der Waals surface area contributed by atoms with Gasteiger partial charge in [-0.15, -0.1) is 0 Å². The smallest absolute Gasteiger partial charge is 0.381 e. The molecule has 3 nitrogen and oxygen atoms in total. The molecule has 0 bridgehead atoms. The van der Waals surface area contributed by atoms with Gasteiger partial charge in [-0.3, -0.25) is 4.79 Å². The van der Waals surface area contributed by atoms with Crippen molar-refractivity contribution in [2.75, 3.05) is 19.8 Å². The van der Waals surface area contributed by atoms with Crippen LogP contribution in [0.1, 0.15) is 28.8 Å². The van der Waals surface area contributed by atoms with Gasteiger partial charge in [-0.1, -0.05) is 12.1 Å². The van der Waals surface area contributed by atoms with Gasteiger partial charge in [-0.2, -0.15) is 13.2 Å². The Morgan fingerprint density at radius 2 is 1.75 bits per heavy atom. The number of benzene rings is 1. The fourth-order valence-corrected chi connectivity index (χ4v) is 2.40. The quantitative estimate of drug-likeness (QED) is 0.870. The van der Waals surface area contributed by atoms with Crippen LogP contribution in [0.25, 0.3) is 0 Å². The number of alkyl halides is 3. The molecule has 1 aliphatic rings. The number of carbonyl (C=O) groups is 1. The molecule has 0 unspecified atom stereocenters. The van der Waals surface area contributed by atoms with E-state index in [-0.39, 0.29) is 17.9 Å². The Hall–Kier alpha value is -1.40. The molecule has 110 valence electrons. The van der Waals surface area contributed by atoms with Gasteiger partial charge < -0.3 is 10.5 Å². The molecule has 1 fully saturated rings. The monoisotopic (exact) mass is 287 g/mol. The Morgan fingerprint density at radius 1 is 1.20 bits per heavy atom. The van der Waals surface area contributed by atoms with Crippen LogP contribution in [0.15, 0.2) is 24.3 Å². The van der Waals surface area contributed by atoms with Gasteiger partial charge in [0.25, 0.3) is 0 Å². The summed E-state index contributed by atoms with van der Waals surface area (Å²) >= 11 is 0. The zero-order chi connectivity index (χ0) is 14.8. The summed E-state index contributed by atoms with van der Waals surface area (Å²) in [7, 11) is 0. The van der Waals surface area contributed by atoms with Crippen molar-refractivity contribution in [3.8, 4) is 0 Å². The van der Waals surface area contributed by atoms with Gasteiger partial charge in [-0.25, -0.2) is 0 Å². The molecule has 1 heterocycles. The highest BCUT2D eigenvalue weighted by molar-refractivity contribution is 6.00. The van der Waals surface area contributed by atoms with Crippen molar-refractivity contribution >= 4 is 5.78 Å². The summed E-state index contributed by atoms with van der Waals surface area (Å²) < 4.78 is 42.7. The number of rotatable bonds is 3. The van der Waals surface area contributed by atoms with Crippen LogP contribution in [0.4, 0.5) is 13.2 Å². The first-order valence-electron chi connectivity index (χ1n) is 6.39. The average Bonchev–Trinajstić information content (AvgIpc) is 2.46. The maximum absolute atomic E-state index is 12.5. The lowest BCUT2D eigenvalue weighted by molar-refractivity contribution is -0.137. The molecule has 6 heteroatoms. The van der Waals surface area contributed by atoms with E-state index >= 15 is 0 Å². The molecule has 1 aromatic rings. The molecule has 0 saturated carbocycles. The second-order valence-corrected chi connectivity index (χ2v) is 5.00. The summed E-state index contributed by atoms with van der Waals surface area (Å²) in [5, 5.41) is 0. The molecule has 0 aromatic heterocycles. The molecule has 0 atom stereocenters. The number of halogens is 3. The predicted octanol–water partition coefficient (Wildman–Crippen LogP) is 2.64. The second kappa shape index (κ2) is 5.54. The van der Waals surface area contributed by atoms with Gasteiger partial charge in [0.1, 0.15) is 0 Å². The summed E-state index contributed by atoms with van der Waals surface area (Å²) in [6.45, 7) is 1.07. The Balaban J connectivity index is 2.24. The molecule has 2 N–H and O–H groups in total. The van der Waals surface area contributed by atoms with Crippen molar-refractivity contribution in [3.63, 3.8) is 0 Å². The van der Waals surface area contributed by atoms with Gasteiger partial charge in [-0.05, 0) is 25.0 Å². The molecule has 0 radical (unpaired) electrons. The Labute approximate surface area is 114 Å².